The number of ether oxygens (including phenoxy) is 1. The quantitative estimate of drug-likeness (QED) is 0.821. The highest BCUT2D eigenvalue weighted by molar-refractivity contribution is 5.92. The van der Waals surface area contributed by atoms with E-state index in [1.165, 1.54) is 11.0 Å². The van der Waals surface area contributed by atoms with Gasteiger partial charge in [-0.1, -0.05) is 18.2 Å². The summed E-state index contributed by atoms with van der Waals surface area (Å²) in [5.41, 5.74) is 1.49. The largest absolute Gasteiger partial charge is 0.383 e. The molecule has 0 aliphatic carbocycles. The number of rotatable bonds is 6. The Morgan fingerprint density at radius 1 is 1.26 bits per heavy atom. The highest BCUT2D eigenvalue weighted by Gasteiger charge is 2.19. The fourth-order valence-corrected chi connectivity index (χ4v) is 2.27. The van der Waals surface area contributed by atoms with Crippen LogP contribution in [-0.4, -0.2) is 41.0 Å². The minimum Gasteiger partial charge on any atom is -0.383 e. The summed E-state index contributed by atoms with van der Waals surface area (Å²) in [6, 6.07) is 8.05. The van der Waals surface area contributed by atoms with E-state index in [-0.39, 0.29) is 18.3 Å². The van der Waals surface area contributed by atoms with Crippen LogP contribution in [0, 0.1) is 19.7 Å². The molecule has 1 heterocycles. The van der Waals surface area contributed by atoms with Gasteiger partial charge in [0.2, 0.25) is 0 Å². The molecule has 0 atom stereocenters. The number of hydrogen-bond donors (Lipinski definition) is 0. The van der Waals surface area contributed by atoms with Gasteiger partial charge in [-0.15, -0.1) is 0 Å². The molecular formula is C17H20FN3O2. The highest BCUT2D eigenvalue weighted by atomic mass is 19.1. The van der Waals surface area contributed by atoms with Gasteiger partial charge >= 0.3 is 0 Å². The van der Waals surface area contributed by atoms with E-state index in [1.54, 1.807) is 38.3 Å². The molecule has 0 fully saturated rings. The molecular weight excluding hydrogens is 297 g/mol. The Morgan fingerprint density at radius 2 is 2.00 bits per heavy atom. The van der Waals surface area contributed by atoms with Gasteiger partial charge in [0.15, 0.2) is 0 Å². The predicted octanol–water partition coefficient (Wildman–Crippen LogP) is 2.52. The zero-order chi connectivity index (χ0) is 16.8. The molecule has 23 heavy (non-hydrogen) atoms. The molecule has 0 saturated carbocycles. The molecule has 0 aliphatic rings. The monoisotopic (exact) mass is 317 g/mol. The summed E-state index contributed by atoms with van der Waals surface area (Å²) in [6.07, 6.45) is 0. The zero-order valence-electron chi connectivity index (χ0n) is 13.5. The smallest absolute Gasteiger partial charge is 0.272 e. The van der Waals surface area contributed by atoms with Crippen molar-refractivity contribution in [3.8, 4) is 0 Å². The van der Waals surface area contributed by atoms with Gasteiger partial charge in [-0.25, -0.2) is 14.4 Å². The summed E-state index contributed by atoms with van der Waals surface area (Å²) in [7, 11) is 1.56. The lowest BCUT2D eigenvalue weighted by atomic mass is 10.2. The second-order valence-corrected chi connectivity index (χ2v) is 5.25. The molecule has 1 aromatic carbocycles. The van der Waals surface area contributed by atoms with E-state index in [4.69, 9.17) is 4.74 Å². The molecule has 122 valence electrons. The van der Waals surface area contributed by atoms with Gasteiger partial charge in [0.25, 0.3) is 5.91 Å². The molecule has 6 heteroatoms. The minimum atomic E-state index is -0.335. The average Bonchev–Trinajstić information content (AvgIpc) is 2.51. The summed E-state index contributed by atoms with van der Waals surface area (Å²) in [5, 5.41) is 0. The Hall–Kier alpha value is -2.34. The second kappa shape index (κ2) is 7.78. The van der Waals surface area contributed by atoms with Crippen LogP contribution in [-0.2, 0) is 11.3 Å². The topological polar surface area (TPSA) is 55.3 Å². The van der Waals surface area contributed by atoms with E-state index in [0.29, 0.717) is 30.2 Å². The Balaban J connectivity index is 2.26. The van der Waals surface area contributed by atoms with E-state index in [2.05, 4.69) is 9.97 Å². The summed E-state index contributed by atoms with van der Waals surface area (Å²) < 4.78 is 18.9. The standard InChI is InChI=1S/C17H20FN3O2/c1-12-10-16(20-13(2)19-12)17(22)21(8-9-23-3)11-14-6-4-5-7-15(14)18/h4-7,10H,8-9,11H2,1-3H3. The van der Waals surface area contributed by atoms with Crippen molar-refractivity contribution in [2.24, 2.45) is 0 Å². The number of halogens is 1. The first-order valence-corrected chi connectivity index (χ1v) is 7.35. The number of methoxy groups -OCH3 is 1. The molecule has 0 aliphatic heterocycles. The lowest BCUT2D eigenvalue weighted by molar-refractivity contribution is 0.0672. The van der Waals surface area contributed by atoms with E-state index >= 15 is 0 Å². The van der Waals surface area contributed by atoms with Gasteiger partial charge in [-0.3, -0.25) is 4.79 Å². The van der Waals surface area contributed by atoms with Crippen molar-refractivity contribution < 1.29 is 13.9 Å². The lowest BCUT2D eigenvalue weighted by Gasteiger charge is -2.22. The van der Waals surface area contributed by atoms with Gasteiger partial charge < -0.3 is 9.64 Å². The average molecular weight is 317 g/mol. The molecule has 1 aromatic heterocycles. The summed E-state index contributed by atoms with van der Waals surface area (Å²) in [6.45, 7) is 4.42. The third-order valence-corrected chi connectivity index (χ3v) is 3.36. The van der Waals surface area contributed by atoms with Crippen LogP contribution in [0.25, 0.3) is 0 Å². The number of carbonyl (C=O) groups is 1. The Kier molecular flexibility index (Phi) is 5.76. The molecule has 2 aromatic rings. The second-order valence-electron chi connectivity index (χ2n) is 5.25. The van der Waals surface area contributed by atoms with Crippen molar-refractivity contribution in [3.05, 3.63) is 58.9 Å². The van der Waals surface area contributed by atoms with Crippen LogP contribution in [0.4, 0.5) is 4.39 Å². The van der Waals surface area contributed by atoms with E-state index < -0.39 is 0 Å². The summed E-state index contributed by atoms with van der Waals surface area (Å²) in [4.78, 5) is 22.6. The van der Waals surface area contributed by atoms with Crippen molar-refractivity contribution in [1.29, 1.82) is 0 Å². The number of benzene rings is 1. The molecule has 2 rings (SSSR count). The lowest BCUT2D eigenvalue weighted by Crippen LogP contribution is -2.34. The number of amides is 1. The molecule has 5 nitrogen and oxygen atoms in total. The molecule has 0 saturated heterocycles. The number of hydrogen-bond acceptors (Lipinski definition) is 4. The van der Waals surface area contributed by atoms with Gasteiger partial charge in [-0.2, -0.15) is 0 Å². The normalized spacial score (nSPS) is 10.6. The SMILES string of the molecule is COCCN(Cc1ccccc1F)C(=O)c1cc(C)nc(C)n1. The Bertz CT molecular complexity index is 671. The molecule has 0 unspecified atom stereocenters. The van der Waals surface area contributed by atoms with Crippen molar-refractivity contribution in [1.82, 2.24) is 14.9 Å². The van der Waals surface area contributed by atoms with Gasteiger partial charge in [0.05, 0.1) is 6.61 Å². The third kappa shape index (κ3) is 4.56. The maximum atomic E-state index is 13.9. The highest BCUT2D eigenvalue weighted by Crippen LogP contribution is 2.13. The fourth-order valence-electron chi connectivity index (χ4n) is 2.27. The number of aryl methyl sites for hydroxylation is 2. The van der Waals surface area contributed by atoms with Crippen molar-refractivity contribution in [2.45, 2.75) is 20.4 Å². The Labute approximate surface area is 135 Å². The zero-order valence-corrected chi connectivity index (χ0v) is 13.5. The molecule has 0 radical (unpaired) electrons. The minimum absolute atomic E-state index is 0.164. The van der Waals surface area contributed by atoms with Crippen LogP contribution < -0.4 is 0 Å². The van der Waals surface area contributed by atoms with Gasteiger partial charge in [-0.05, 0) is 26.0 Å². The van der Waals surface area contributed by atoms with E-state index in [1.807, 2.05) is 6.92 Å². The van der Waals surface area contributed by atoms with Crippen LogP contribution in [0.1, 0.15) is 27.6 Å². The van der Waals surface area contributed by atoms with Crippen LogP contribution in [0.2, 0.25) is 0 Å². The molecule has 0 spiro atoms. The van der Waals surface area contributed by atoms with Crippen molar-refractivity contribution in [3.63, 3.8) is 0 Å². The number of aromatic nitrogens is 2. The number of nitrogens with zero attached hydrogens (tertiary/aromatic N) is 3. The number of carbonyl (C=O) groups excluding carboxylic acids is 1. The van der Waals surface area contributed by atoms with Crippen LogP contribution >= 0.6 is 0 Å². The summed E-state index contributed by atoms with van der Waals surface area (Å²) >= 11 is 0. The maximum Gasteiger partial charge on any atom is 0.272 e. The third-order valence-electron chi connectivity index (χ3n) is 3.36. The van der Waals surface area contributed by atoms with Crippen molar-refractivity contribution >= 4 is 5.91 Å². The van der Waals surface area contributed by atoms with E-state index in [0.717, 1.165) is 5.69 Å². The fraction of sp³-hybridized carbons (Fsp3) is 0.353. The first-order valence-electron chi connectivity index (χ1n) is 7.35. The van der Waals surface area contributed by atoms with Crippen molar-refractivity contribution in [2.75, 3.05) is 20.3 Å². The Morgan fingerprint density at radius 3 is 2.65 bits per heavy atom. The molecule has 0 bridgehead atoms. The molecule has 1 amide bonds. The maximum absolute atomic E-state index is 13.9. The first-order chi connectivity index (χ1) is 11.0. The van der Waals surface area contributed by atoms with Crippen LogP contribution in [0.3, 0.4) is 0 Å². The predicted molar refractivity (Wildman–Crippen MR) is 84.5 cm³/mol. The van der Waals surface area contributed by atoms with Gasteiger partial charge in [0, 0.05) is 31.5 Å². The first kappa shape index (κ1) is 17.0. The van der Waals surface area contributed by atoms with Gasteiger partial charge in [0.1, 0.15) is 17.3 Å². The molecule has 0 N–H and O–H groups in total. The summed E-state index contributed by atoms with van der Waals surface area (Å²) in [5.74, 6) is -0.0670. The van der Waals surface area contributed by atoms with E-state index in [9.17, 15) is 9.18 Å². The van der Waals surface area contributed by atoms with Crippen LogP contribution in [0.15, 0.2) is 30.3 Å². The van der Waals surface area contributed by atoms with Crippen LogP contribution in [0.5, 0.6) is 0 Å².